The van der Waals surface area contributed by atoms with Crippen LogP contribution >= 0.6 is 0 Å². The van der Waals surface area contributed by atoms with Crippen molar-refractivity contribution < 1.29 is 17.7 Å². The standard InChI is InChI=1S/C15H23N3O4S/c1-12-10-14(17-22-12)18(23(2,20)21)11-15(19)16-9-8-13-6-4-3-5-7-13/h6,10H,3-5,7-9,11H2,1-2H3,(H,16,19). The van der Waals surface area contributed by atoms with Gasteiger partial charge < -0.3 is 9.84 Å². The number of anilines is 1. The van der Waals surface area contributed by atoms with E-state index < -0.39 is 10.0 Å². The van der Waals surface area contributed by atoms with E-state index in [1.807, 2.05) is 0 Å². The van der Waals surface area contributed by atoms with Gasteiger partial charge in [-0.3, -0.25) is 4.79 Å². The molecule has 1 N–H and O–H groups in total. The van der Waals surface area contributed by atoms with Crippen molar-refractivity contribution in [1.82, 2.24) is 10.5 Å². The summed E-state index contributed by atoms with van der Waals surface area (Å²) in [4.78, 5) is 12.0. The summed E-state index contributed by atoms with van der Waals surface area (Å²) < 4.78 is 29.5. The van der Waals surface area contributed by atoms with Crippen LogP contribution in [0.25, 0.3) is 0 Å². The molecule has 0 fully saturated rings. The van der Waals surface area contributed by atoms with Crippen molar-refractivity contribution in [2.75, 3.05) is 23.7 Å². The topological polar surface area (TPSA) is 92.5 Å². The van der Waals surface area contributed by atoms with Gasteiger partial charge in [0.05, 0.1) is 6.26 Å². The van der Waals surface area contributed by atoms with E-state index in [1.165, 1.54) is 24.5 Å². The Hall–Kier alpha value is -1.83. The second-order valence-electron chi connectivity index (χ2n) is 5.77. The molecule has 8 heteroatoms. The number of rotatable bonds is 7. The number of carbonyl (C=O) groups excluding carboxylic acids is 1. The lowest BCUT2D eigenvalue weighted by atomic mass is 9.97. The normalized spacial score (nSPS) is 15.1. The van der Waals surface area contributed by atoms with E-state index in [2.05, 4.69) is 16.5 Å². The highest BCUT2D eigenvalue weighted by Crippen LogP contribution is 2.19. The Morgan fingerprint density at radius 2 is 2.22 bits per heavy atom. The number of nitrogens with zero attached hydrogens (tertiary/aromatic N) is 2. The van der Waals surface area contributed by atoms with E-state index in [0.29, 0.717) is 12.3 Å². The van der Waals surface area contributed by atoms with Gasteiger partial charge in [0.25, 0.3) is 0 Å². The lowest BCUT2D eigenvalue weighted by Crippen LogP contribution is -2.40. The van der Waals surface area contributed by atoms with Crippen LogP contribution in [-0.4, -0.2) is 38.8 Å². The van der Waals surface area contributed by atoms with Crippen LogP contribution in [0.15, 0.2) is 22.2 Å². The number of hydrogen-bond donors (Lipinski definition) is 1. The van der Waals surface area contributed by atoms with Gasteiger partial charge in [-0.05, 0) is 39.0 Å². The van der Waals surface area contributed by atoms with Crippen LogP contribution in [0.4, 0.5) is 5.82 Å². The van der Waals surface area contributed by atoms with Crippen molar-refractivity contribution in [1.29, 1.82) is 0 Å². The van der Waals surface area contributed by atoms with Crippen molar-refractivity contribution in [3.05, 3.63) is 23.5 Å². The SMILES string of the molecule is Cc1cc(N(CC(=O)NCCC2=CCCCC2)S(C)(=O)=O)no1. The quantitative estimate of drug-likeness (QED) is 0.763. The van der Waals surface area contributed by atoms with E-state index in [0.717, 1.165) is 29.8 Å². The van der Waals surface area contributed by atoms with Crippen LogP contribution in [0.3, 0.4) is 0 Å². The zero-order valence-corrected chi connectivity index (χ0v) is 14.4. The Morgan fingerprint density at radius 3 is 2.78 bits per heavy atom. The van der Waals surface area contributed by atoms with Crippen LogP contribution in [-0.2, 0) is 14.8 Å². The third-order valence-corrected chi connectivity index (χ3v) is 4.83. The van der Waals surface area contributed by atoms with E-state index in [9.17, 15) is 13.2 Å². The Labute approximate surface area is 136 Å². The molecule has 0 spiro atoms. The van der Waals surface area contributed by atoms with E-state index in [1.54, 1.807) is 6.92 Å². The third-order valence-electron chi connectivity index (χ3n) is 3.71. The number of allylic oxidation sites excluding steroid dienone is 1. The second kappa shape index (κ2) is 7.63. The van der Waals surface area contributed by atoms with Crippen LogP contribution in [0.1, 0.15) is 37.9 Å². The summed E-state index contributed by atoms with van der Waals surface area (Å²) in [5.41, 5.74) is 1.36. The zero-order valence-electron chi connectivity index (χ0n) is 13.5. The minimum Gasteiger partial charge on any atom is -0.360 e. The molecule has 7 nitrogen and oxygen atoms in total. The predicted molar refractivity (Wildman–Crippen MR) is 87.6 cm³/mol. The maximum atomic E-state index is 12.0. The molecular weight excluding hydrogens is 318 g/mol. The molecule has 0 radical (unpaired) electrons. The van der Waals surface area contributed by atoms with E-state index >= 15 is 0 Å². The monoisotopic (exact) mass is 341 g/mol. The smallest absolute Gasteiger partial charge is 0.240 e. The molecule has 128 valence electrons. The van der Waals surface area contributed by atoms with Gasteiger partial charge in [0.1, 0.15) is 12.3 Å². The van der Waals surface area contributed by atoms with Gasteiger partial charge in [0.15, 0.2) is 5.82 Å². The maximum absolute atomic E-state index is 12.0. The van der Waals surface area contributed by atoms with Gasteiger partial charge in [-0.15, -0.1) is 0 Å². The Kier molecular flexibility index (Phi) is 5.81. The number of aryl methyl sites for hydroxylation is 1. The first-order chi connectivity index (χ1) is 10.9. The predicted octanol–water partition coefficient (Wildman–Crippen LogP) is 1.76. The molecule has 1 aromatic rings. The molecular formula is C15H23N3O4S. The summed E-state index contributed by atoms with van der Waals surface area (Å²) in [7, 11) is -3.61. The van der Waals surface area contributed by atoms with Gasteiger partial charge in [0, 0.05) is 12.6 Å². The highest BCUT2D eigenvalue weighted by molar-refractivity contribution is 7.92. The first kappa shape index (κ1) is 17.5. The lowest BCUT2D eigenvalue weighted by Gasteiger charge is -2.19. The van der Waals surface area contributed by atoms with Crippen molar-refractivity contribution in [3.8, 4) is 0 Å². The number of aromatic nitrogens is 1. The molecule has 1 heterocycles. The molecule has 0 unspecified atom stereocenters. The van der Waals surface area contributed by atoms with Crippen molar-refractivity contribution >= 4 is 21.7 Å². The molecule has 0 saturated heterocycles. The highest BCUT2D eigenvalue weighted by atomic mass is 32.2. The Bertz CT molecular complexity index is 679. The summed E-state index contributed by atoms with van der Waals surface area (Å²) in [6, 6.07) is 1.49. The second-order valence-corrected chi connectivity index (χ2v) is 7.68. The number of amides is 1. The average molecular weight is 341 g/mol. The number of nitrogens with one attached hydrogen (secondary N) is 1. The van der Waals surface area contributed by atoms with Gasteiger partial charge in [-0.1, -0.05) is 16.8 Å². The Morgan fingerprint density at radius 1 is 1.43 bits per heavy atom. The molecule has 0 aromatic carbocycles. The summed E-state index contributed by atoms with van der Waals surface area (Å²) in [5, 5.41) is 6.44. The number of hydrogen-bond acceptors (Lipinski definition) is 5. The number of carbonyl (C=O) groups is 1. The molecule has 1 aromatic heterocycles. The summed E-state index contributed by atoms with van der Waals surface area (Å²) >= 11 is 0. The first-order valence-corrected chi connectivity index (χ1v) is 9.57. The van der Waals surface area contributed by atoms with E-state index in [4.69, 9.17) is 4.52 Å². The van der Waals surface area contributed by atoms with Gasteiger partial charge >= 0.3 is 0 Å². The fourth-order valence-corrected chi connectivity index (χ4v) is 3.30. The molecule has 1 aliphatic carbocycles. The molecule has 1 aliphatic rings. The zero-order chi connectivity index (χ0) is 16.9. The number of sulfonamides is 1. The maximum Gasteiger partial charge on any atom is 0.240 e. The van der Waals surface area contributed by atoms with Crippen molar-refractivity contribution in [2.45, 2.75) is 39.0 Å². The van der Waals surface area contributed by atoms with E-state index in [-0.39, 0.29) is 18.3 Å². The fraction of sp³-hybridized carbons (Fsp3) is 0.600. The van der Waals surface area contributed by atoms with Gasteiger partial charge in [-0.2, -0.15) is 0 Å². The van der Waals surface area contributed by atoms with Gasteiger partial charge in [-0.25, -0.2) is 12.7 Å². The van der Waals surface area contributed by atoms with Crippen molar-refractivity contribution in [3.63, 3.8) is 0 Å². The Balaban J connectivity index is 1.89. The van der Waals surface area contributed by atoms with Crippen LogP contribution in [0.2, 0.25) is 0 Å². The molecule has 0 saturated carbocycles. The molecule has 2 rings (SSSR count). The molecule has 0 aliphatic heterocycles. The first-order valence-electron chi connectivity index (χ1n) is 7.72. The third kappa shape index (κ3) is 5.38. The van der Waals surface area contributed by atoms with Crippen LogP contribution in [0.5, 0.6) is 0 Å². The molecule has 0 atom stereocenters. The van der Waals surface area contributed by atoms with Crippen molar-refractivity contribution in [2.24, 2.45) is 0 Å². The molecule has 23 heavy (non-hydrogen) atoms. The minimum absolute atomic E-state index is 0.120. The summed E-state index contributed by atoms with van der Waals surface area (Å²) in [5.74, 6) is 0.251. The molecule has 1 amide bonds. The lowest BCUT2D eigenvalue weighted by molar-refractivity contribution is -0.119. The fourth-order valence-electron chi connectivity index (χ4n) is 2.52. The van der Waals surface area contributed by atoms with Crippen LogP contribution in [0, 0.1) is 6.92 Å². The highest BCUT2D eigenvalue weighted by Gasteiger charge is 2.23. The summed E-state index contributed by atoms with van der Waals surface area (Å²) in [6.45, 7) is 1.87. The summed E-state index contributed by atoms with van der Waals surface area (Å²) in [6.07, 6.45) is 8.71. The average Bonchev–Trinajstić information content (AvgIpc) is 2.91. The largest absolute Gasteiger partial charge is 0.360 e. The minimum atomic E-state index is -3.61. The molecule has 0 bridgehead atoms. The van der Waals surface area contributed by atoms with Crippen LogP contribution < -0.4 is 9.62 Å². The van der Waals surface area contributed by atoms with Gasteiger partial charge in [0.2, 0.25) is 15.9 Å².